The van der Waals surface area contributed by atoms with Crippen molar-refractivity contribution in [3.63, 3.8) is 0 Å². The third kappa shape index (κ3) is 5.34. The highest BCUT2D eigenvalue weighted by molar-refractivity contribution is 7.07. The molecule has 1 aliphatic rings. The SMILES string of the molecule is CCOC(=O)C1=C(c2ccccc2)N=c2s/c(=C\c3cc(C)n(-c4ccc(Cl)c(Cl)c4)c3C)c(=O)n2[C@@H]1c1ccc(F)cc1. The van der Waals surface area contributed by atoms with Crippen molar-refractivity contribution in [2.45, 2.75) is 26.8 Å². The Hall–Kier alpha value is -4.24. The molecular formula is C34H26Cl2FN3O3S. The fourth-order valence-electron chi connectivity index (χ4n) is 5.50. The summed E-state index contributed by atoms with van der Waals surface area (Å²) in [5, 5.41) is 0.908. The van der Waals surface area contributed by atoms with Crippen LogP contribution < -0.4 is 14.9 Å². The number of benzene rings is 3. The molecule has 3 heterocycles. The Kier molecular flexibility index (Phi) is 8.16. The molecule has 3 aromatic carbocycles. The predicted octanol–water partition coefficient (Wildman–Crippen LogP) is 6.79. The fourth-order valence-corrected chi connectivity index (χ4v) is 6.78. The van der Waals surface area contributed by atoms with E-state index in [2.05, 4.69) is 0 Å². The molecule has 6 nitrogen and oxygen atoms in total. The maximum absolute atomic E-state index is 14.2. The van der Waals surface area contributed by atoms with Crippen LogP contribution in [0, 0.1) is 19.7 Å². The standard InChI is InChI=1S/C34H26Cl2FN3O3S/c1-4-43-33(42)29-30(21-8-6-5-7-9-21)38-34-40(31(29)22-10-12-24(37)13-11-22)32(41)28(44-34)17-23-16-19(2)39(20(23)3)25-14-15-26(35)27(36)18-25/h5-18,31H,4H2,1-3H3/b28-17-/t31-/m1/s1. The molecule has 0 N–H and O–H groups in total. The van der Waals surface area contributed by atoms with Gasteiger partial charge in [0, 0.05) is 22.6 Å². The molecule has 44 heavy (non-hydrogen) atoms. The lowest BCUT2D eigenvalue weighted by molar-refractivity contribution is -0.138. The number of carbonyl (C=O) groups is 1. The van der Waals surface area contributed by atoms with Crippen LogP contribution in [0.25, 0.3) is 17.5 Å². The third-order valence-corrected chi connectivity index (χ3v) is 9.20. The van der Waals surface area contributed by atoms with Gasteiger partial charge in [-0.25, -0.2) is 14.2 Å². The average Bonchev–Trinajstić information content (AvgIpc) is 3.48. The van der Waals surface area contributed by atoms with E-state index in [0.717, 1.165) is 22.6 Å². The van der Waals surface area contributed by atoms with Crippen LogP contribution in [-0.4, -0.2) is 21.7 Å². The lowest BCUT2D eigenvalue weighted by Gasteiger charge is -2.25. The fraction of sp³-hybridized carbons (Fsp3) is 0.147. The molecule has 0 radical (unpaired) electrons. The van der Waals surface area contributed by atoms with Crippen LogP contribution in [0.2, 0.25) is 10.0 Å². The first kappa shape index (κ1) is 29.8. The van der Waals surface area contributed by atoms with Gasteiger partial charge in [0.2, 0.25) is 0 Å². The summed E-state index contributed by atoms with van der Waals surface area (Å²) in [4.78, 5) is 33.0. The van der Waals surface area contributed by atoms with E-state index in [1.165, 1.54) is 28.0 Å². The third-order valence-electron chi connectivity index (χ3n) is 7.48. The van der Waals surface area contributed by atoms with E-state index in [0.29, 0.717) is 36.2 Å². The van der Waals surface area contributed by atoms with Crippen LogP contribution in [-0.2, 0) is 9.53 Å². The average molecular weight is 647 g/mol. The van der Waals surface area contributed by atoms with Crippen LogP contribution in [0.5, 0.6) is 0 Å². The molecule has 2 aromatic heterocycles. The summed E-state index contributed by atoms with van der Waals surface area (Å²) >= 11 is 13.7. The van der Waals surface area contributed by atoms with Crippen molar-refractivity contribution in [3.05, 3.63) is 148 Å². The number of esters is 1. The number of aromatic nitrogens is 2. The van der Waals surface area contributed by atoms with Gasteiger partial charge in [-0.15, -0.1) is 0 Å². The molecule has 222 valence electrons. The van der Waals surface area contributed by atoms with E-state index >= 15 is 0 Å². The second-order valence-corrected chi connectivity index (χ2v) is 12.1. The molecule has 6 rings (SSSR count). The van der Waals surface area contributed by atoms with Gasteiger partial charge in [0.25, 0.3) is 5.56 Å². The molecule has 10 heteroatoms. The maximum Gasteiger partial charge on any atom is 0.338 e. The zero-order valence-electron chi connectivity index (χ0n) is 24.0. The maximum atomic E-state index is 14.2. The lowest BCUT2D eigenvalue weighted by Crippen LogP contribution is -2.40. The summed E-state index contributed by atoms with van der Waals surface area (Å²) in [5.74, 6) is -1.02. The monoisotopic (exact) mass is 645 g/mol. The molecule has 0 unspecified atom stereocenters. The highest BCUT2D eigenvalue weighted by atomic mass is 35.5. The van der Waals surface area contributed by atoms with Crippen molar-refractivity contribution in [2.75, 3.05) is 6.61 Å². The minimum atomic E-state index is -0.883. The molecule has 0 bridgehead atoms. The number of thiazole rings is 1. The van der Waals surface area contributed by atoms with Gasteiger partial charge < -0.3 is 9.30 Å². The molecule has 0 saturated carbocycles. The van der Waals surface area contributed by atoms with E-state index in [1.54, 1.807) is 31.2 Å². The predicted molar refractivity (Wildman–Crippen MR) is 173 cm³/mol. The summed E-state index contributed by atoms with van der Waals surface area (Å²) in [5.41, 5.74) is 5.08. The second-order valence-electron chi connectivity index (χ2n) is 10.2. The summed E-state index contributed by atoms with van der Waals surface area (Å²) in [7, 11) is 0. The zero-order chi connectivity index (χ0) is 31.1. The summed E-state index contributed by atoms with van der Waals surface area (Å²) < 4.78 is 23.5. The van der Waals surface area contributed by atoms with Crippen molar-refractivity contribution in [1.82, 2.24) is 9.13 Å². The Balaban J connectivity index is 1.59. The Morgan fingerprint density at radius 1 is 1.02 bits per heavy atom. The first-order valence-electron chi connectivity index (χ1n) is 13.9. The van der Waals surface area contributed by atoms with Gasteiger partial charge in [0.15, 0.2) is 4.80 Å². The van der Waals surface area contributed by atoms with Crippen molar-refractivity contribution >= 4 is 52.3 Å². The molecule has 0 saturated heterocycles. The van der Waals surface area contributed by atoms with Crippen LogP contribution in [0.1, 0.15) is 41.0 Å². The van der Waals surface area contributed by atoms with Gasteiger partial charge in [-0.1, -0.05) is 77.0 Å². The van der Waals surface area contributed by atoms with E-state index in [9.17, 15) is 14.0 Å². The Bertz CT molecular complexity index is 2130. The van der Waals surface area contributed by atoms with Gasteiger partial charge in [-0.2, -0.15) is 0 Å². The van der Waals surface area contributed by atoms with E-state index in [-0.39, 0.29) is 17.7 Å². The van der Waals surface area contributed by atoms with Gasteiger partial charge in [0.1, 0.15) is 5.82 Å². The van der Waals surface area contributed by atoms with Crippen molar-refractivity contribution < 1.29 is 13.9 Å². The van der Waals surface area contributed by atoms with E-state index in [1.807, 2.05) is 67.0 Å². The van der Waals surface area contributed by atoms with Gasteiger partial charge in [-0.05, 0) is 74.4 Å². The highest BCUT2D eigenvalue weighted by Crippen LogP contribution is 2.35. The molecule has 0 aliphatic carbocycles. The number of carbonyl (C=O) groups excluding carboxylic acids is 1. The van der Waals surface area contributed by atoms with Crippen molar-refractivity contribution in [3.8, 4) is 5.69 Å². The number of nitrogens with zero attached hydrogens (tertiary/aromatic N) is 3. The first-order chi connectivity index (χ1) is 21.2. The molecule has 0 amide bonds. The van der Waals surface area contributed by atoms with Crippen molar-refractivity contribution in [1.29, 1.82) is 0 Å². The zero-order valence-corrected chi connectivity index (χ0v) is 26.3. The quantitative estimate of drug-likeness (QED) is 0.191. The number of hydrogen-bond donors (Lipinski definition) is 0. The number of halogens is 3. The van der Waals surface area contributed by atoms with Gasteiger partial charge in [0.05, 0.1) is 38.5 Å². The Morgan fingerprint density at radius 2 is 1.75 bits per heavy atom. The number of hydrogen-bond acceptors (Lipinski definition) is 5. The Morgan fingerprint density at radius 3 is 2.43 bits per heavy atom. The minimum Gasteiger partial charge on any atom is -0.463 e. The number of fused-ring (bicyclic) bond motifs is 1. The minimum absolute atomic E-state index is 0.138. The topological polar surface area (TPSA) is 65.6 Å². The van der Waals surface area contributed by atoms with Crippen molar-refractivity contribution in [2.24, 2.45) is 4.99 Å². The molecular weight excluding hydrogens is 620 g/mol. The largest absolute Gasteiger partial charge is 0.463 e. The molecule has 0 spiro atoms. The van der Waals surface area contributed by atoms with Crippen LogP contribution >= 0.6 is 34.5 Å². The van der Waals surface area contributed by atoms with Crippen LogP contribution in [0.3, 0.4) is 0 Å². The number of aryl methyl sites for hydroxylation is 1. The molecule has 5 aromatic rings. The van der Waals surface area contributed by atoms with Gasteiger partial charge in [-0.3, -0.25) is 9.36 Å². The Labute approximate surface area is 266 Å². The van der Waals surface area contributed by atoms with Gasteiger partial charge >= 0.3 is 5.97 Å². The summed E-state index contributed by atoms with van der Waals surface area (Å²) in [6.07, 6.45) is 1.83. The van der Waals surface area contributed by atoms with E-state index in [4.69, 9.17) is 32.9 Å². The highest BCUT2D eigenvalue weighted by Gasteiger charge is 2.35. The second kappa shape index (κ2) is 12.0. The summed E-state index contributed by atoms with van der Waals surface area (Å²) in [6, 6.07) is 21.6. The first-order valence-corrected chi connectivity index (χ1v) is 15.4. The molecule has 0 fully saturated rings. The smallest absolute Gasteiger partial charge is 0.338 e. The van der Waals surface area contributed by atoms with Crippen LogP contribution in [0.15, 0.2) is 94.2 Å². The summed E-state index contributed by atoms with van der Waals surface area (Å²) in [6.45, 7) is 5.80. The van der Waals surface area contributed by atoms with Crippen LogP contribution in [0.4, 0.5) is 4.39 Å². The van der Waals surface area contributed by atoms with E-state index < -0.39 is 17.8 Å². The number of ether oxygens (including phenoxy) is 1. The molecule has 1 aliphatic heterocycles. The number of rotatable bonds is 6. The normalized spacial score (nSPS) is 14.9. The molecule has 1 atom stereocenters. The lowest BCUT2D eigenvalue weighted by atomic mass is 9.93.